The van der Waals surface area contributed by atoms with Gasteiger partial charge in [-0.2, -0.15) is 4.98 Å². The Morgan fingerprint density at radius 2 is 1.90 bits per heavy atom. The van der Waals surface area contributed by atoms with Crippen molar-refractivity contribution in [3.05, 3.63) is 59.9 Å². The van der Waals surface area contributed by atoms with E-state index in [1.54, 1.807) is 12.1 Å². The topological polar surface area (TPSA) is 58.3 Å². The molecule has 2 aromatic carbocycles. The Kier molecular flexibility index (Phi) is 3.35. The van der Waals surface area contributed by atoms with Crippen LogP contribution >= 0.6 is 0 Å². The monoisotopic (exact) mass is 272 g/mol. The normalized spacial score (nSPS) is 12.5. The number of aromatic nitrogens is 1. The molecule has 3 rings (SSSR count). The minimum atomic E-state index is -0.759. The van der Waals surface area contributed by atoms with Crippen molar-refractivity contribution in [2.75, 3.05) is 11.9 Å². The van der Waals surface area contributed by atoms with Crippen molar-refractivity contribution >= 4 is 17.1 Å². The highest BCUT2D eigenvalue weighted by atomic mass is 19.1. The van der Waals surface area contributed by atoms with Crippen LogP contribution in [-0.4, -0.2) is 16.6 Å². The maximum Gasteiger partial charge on any atom is 0.295 e. The summed E-state index contributed by atoms with van der Waals surface area (Å²) >= 11 is 0. The summed E-state index contributed by atoms with van der Waals surface area (Å²) in [6.07, 6.45) is -0.759. The van der Waals surface area contributed by atoms with E-state index in [-0.39, 0.29) is 12.4 Å². The molecule has 0 spiro atoms. The number of nitrogens with zero attached hydrogens (tertiary/aromatic N) is 1. The molecule has 1 aromatic heterocycles. The van der Waals surface area contributed by atoms with E-state index >= 15 is 0 Å². The van der Waals surface area contributed by atoms with Crippen LogP contribution in [0, 0.1) is 5.82 Å². The van der Waals surface area contributed by atoms with Crippen LogP contribution in [0.4, 0.5) is 10.4 Å². The average molecular weight is 272 g/mol. The smallest absolute Gasteiger partial charge is 0.295 e. The molecule has 4 nitrogen and oxygen atoms in total. The summed E-state index contributed by atoms with van der Waals surface area (Å²) < 4.78 is 18.3. The Bertz CT molecular complexity index is 676. The summed E-state index contributed by atoms with van der Waals surface area (Å²) in [7, 11) is 0. The molecule has 0 saturated heterocycles. The van der Waals surface area contributed by atoms with E-state index in [0.29, 0.717) is 17.2 Å². The first-order chi connectivity index (χ1) is 9.72. The second-order valence-electron chi connectivity index (χ2n) is 4.43. The van der Waals surface area contributed by atoms with Crippen LogP contribution in [0.15, 0.2) is 52.9 Å². The van der Waals surface area contributed by atoms with Crippen LogP contribution in [-0.2, 0) is 0 Å². The van der Waals surface area contributed by atoms with Gasteiger partial charge in [0.2, 0.25) is 0 Å². The Balaban J connectivity index is 1.68. The van der Waals surface area contributed by atoms with Crippen LogP contribution in [0.1, 0.15) is 11.7 Å². The van der Waals surface area contributed by atoms with Gasteiger partial charge < -0.3 is 14.8 Å². The van der Waals surface area contributed by atoms with Crippen molar-refractivity contribution in [2.45, 2.75) is 6.10 Å². The van der Waals surface area contributed by atoms with Gasteiger partial charge in [-0.1, -0.05) is 24.3 Å². The molecule has 3 aromatic rings. The molecule has 20 heavy (non-hydrogen) atoms. The second kappa shape index (κ2) is 5.30. The fraction of sp³-hybridized carbons (Fsp3) is 0.133. The van der Waals surface area contributed by atoms with Crippen molar-refractivity contribution in [1.82, 2.24) is 4.98 Å². The number of halogens is 1. The molecule has 0 bridgehead atoms. The number of aliphatic hydroxyl groups is 1. The SMILES string of the molecule is OC(CNc1nc2ccccc2o1)c1ccc(F)cc1. The predicted octanol–water partition coefficient (Wildman–Crippen LogP) is 3.11. The third-order valence-corrected chi connectivity index (χ3v) is 3.00. The molecular weight excluding hydrogens is 259 g/mol. The van der Waals surface area contributed by atoms with Crippen molar-refractivity contribution in [3.63, 3.8) is 0 Å². The van der Waals surface area contributed by atoms with Crippen molar-refractivity contribution < 1.29 is 13.9 Å². The van der Waals surface area contributed by atoms with E-state index in [1.165, 1.54) is 12.1 Å². The minimum Gasteiger partial charge on any atom is -0.424 e. The van der Waals surface area contributed by atoms with E-state index in [2.05, 4.69) is 10.3 Å². The lowest BCUT2D eigenvalue weighted by Crippen LogP contribution is -2.12. The molecule has 102 valence electrons. The van der Waals surface area contributed by atoms with Gasteiger partial charge in [0.25, 0.3) is 6.01 Å². The fourth-order valence-electron chi connectivity index (χ4n) is 1.93. The standard InChI is InChI=1S/C15H13FN2O2/c16-11-7-5-10(6-8-11)13(19)9-17-15-18-12-3-1-2-4-14(12)20-15/h1-8,13,19H,9H2,(H,17,18). The van der Waals surface area contributed by atoms with Gasteiger partial charge in [-0.3, -0.25) is 0 Å². The number of fused-ring (bicyclic) bond motifs is 1. The molecule has 0 aliphatic heterocycles. The Hall–Kier alpha value is -2.40. The number of aliphatic hydroxyl groups excluding tert-OH is 1. The van der Waals surface area contributed by atoms with Gasteiger partial charge in [0, 0.05) is 6.54 Å². The quantitative estimate of drug-likeness (QED) is 0.766. The number of benzene rings is 2. The zero-order valence-corrected chi connectivity index (χ0v) is 10.6. The third kappa shape index (κ3) is 2.62. The summed E-state index contributed by atoms with van der Waals surface area (Å²) in [5, 5.41) is 12.9. The van der Waals surface area contributed by atoms with Gasteiger partial charge in [0.1, 0.15) is 11.3 Å². The summed E-state index contributed by atoms with van der Waals surface area (Å²) in [6.45, 7) is 0.235. The first-order valence-corrected chi connectivity index (χ1v) is 6.25. The molecule has 5 heteroatoms. The van der Waals surface area contributed by atoms with Gasteiger partial charge in [-0.05, 0) is 29.8 Å². The summed E-state index contributed by atoms with van der Waals surface area (Å²) in [5.41, 5.74) is 2.08. The van der Waals surface area contributed by atoms with E-state index in [1.807, 2.05) is 24.3 Å². The lowest BCUT2D eigenvalue weighted by molar-refractivity contribution is 0.190. The van der Waals surface area contributed by atoms with Gasteiger partial charge in [-0.15, -0.1) is 0 Å². The average Bonchev–Trinajstić information content (AvgIpc) is 2.88. The number of hydrogen-bond acceptors (Lipinski definition) is 4. The number of nitrogens with one attached hydrogen (secondary N) is 1. The van der Waals surface area contributed by atoms with Crippen LogP contribution < -0.4 is 5.32 Å². The molecular formula is C15H13FN2O2. The maximum atomic E-state index is 12.8. The first kappa shape index (κ1) is 12.6. The molecule has 1 heterocycles. The van der Waals surface area contributed by atoms with Crippen LogP contribution in [0.2, 0.25) is 0 Å². The van der Waals surface area contributed by atoms with E-state index in [4.69, 9.17) is 4.42 Å². The zero-order valence-electron chi connectivity index (χ0n) is 10.6. The molecule has 2 N–H and O–H groups in total. The highest BCUT2D eigenvalue weighted by molar-refractivity contribution is 5.74. The molecule has 0 saturated carbocycles. The number of oxazole rings is 1. The Morgan fingerprint density at radius 1 is 1.15 bits per heavy atom. The lowest BCUT2D eigenvalue weighted by Gasteiger charge is -2.10. The number of hydrogen-bond donors (Lipinski definition) is 2. The maximum absolute atomic E-state index is 12.8. The largest absolute Gasteiger partial charge is 0.424 e. The minimum absolute atomic E-state index is 0.235. The molecule has 1 atom stereocenters. The van der Waals surface area contributed by atoms with E-state index < -0.39 is 6.10 Å². The summed E-state index contributed by atoms with van der Waals surface area (Å²) in [4.78, 5) is 4.24. The zero-order chi connectivity index (χ0) is 13.9. The Labute approximate surface area is 114 Å². The molecule has 0 aliphatic carbocycles. The van der Waals surface area contributed by atoms with E-state index in [9.17, 15) is 9.50 Å². The van der Waals surface area contributed by atoms with Gasteiger partial charge >= 0.3 is 0 Å². The summed E-state index contributed by atoms with van der Waals surface area (Å²) in [5.74, 6) is -0.326. The third-order valence-electron chi connectivity index (χ3n) is 3.00. The van der Waals surface area contributed by atoms with E-state index in [0.717, 1.165) is 5.52 Å². The predicted molar refractivity (Wildman–Crippen MR) is 73.9 cm³/mol. The van der Waals surface area contributed by atoms with Crippen molar-refractivity contribution in [3.8, 4) is 0 Å². The number of rotatable bonds is 4. The van der Waals surface area contributed by atoms with Crippen LogP contribution in [0.5, 0.6) is 0 Å². The van der Waals surface area contributed by atoms with Crippen LogP contribution in [0.3, 0.4) is 0 Å². The lowest BCUT2D eigenvalue weighted by atomic mass is 10.1. The highest BCUT2D eigenvalue weighted by Crippen LogP contribution is 2.19. The first-order valence-electron chi connectivity index (χ1n) is 6.25. The molecule has 0 amide bonds. The molecule has 0 radical (unpaired) electrons. The molecule has 0 aliphatic rings. The second-order valence-corrected chi connectivity index (χ2v) is 4.43. The van der Waals surface area contributed by atoms with Gasteiger partial charge in [0.05, 0.1) is 6.10 Å². The fourth-order valence-corrected chi connectivity index (χ4v) is 1.93. The molecule has 0 fully saturated rings. The Morgan fingerprint density at radius 3 is 2.65 bits per heavy atom. The van der Waals surface area contributed by atoms with Crippen molar-refractivity contribution in [1.29, 1.82) is 0 Å². The summed E-state index contributed by atoms with van der Waals surface area (Å²) in [6, 6.07) is 13.5. The van der Waals surface area contributed by atoms with Gasteiger partial charge in [-0.25, -0.2) is 4.39 Å². The van der Waals surface area contributed by atoms with Crippen molar-refractivity contribution in [2.24, 2.45) is 0 Å². The van der Waals surface area contributed by atoms with Crippen LogP contribution in [0.25, 0.3) is 11.1 Å². The number of anilines is 1. The highest BCUT2D eigenvalue weighted by Gasteiger charge is 2.10. The molecule has 1 unspecified atom stereocenters. The number of para-hydroxylation sites is 2. The van der Waals surface area contributed by atoms with Gasteiger partial charge in [0.15, 0.2) is 5.58 Å².